The first-order chi connectivity index (χ1) is 13.2. The van der Waals surface area contributed by atoms with Gasteiger partial charge in [0.1, 0.15) is 11.6 Å². The van der Waals surface area contributed by atoms with Crippen LogP contribution in [0.1, 0.15) is 17.3 Å². The molecular weight excluding hydrogens is 344 g/mol. The fourth-order valence-corrected chi connectivity index (χ4v) is 2.44. The molecule has 27 heavy (non-hydrogen) atoms. The molecule has 2 aromatic carbocycles. The van der Waals surface area contributed by atoms with Gasteiger partial charge in [0.15, 0.2) is 0 Å². The third kappa shape index (κ3) is 4.72. The molecule has 0 saturated heterocycles. The number of hydrogen-bond donors (Lipinski definition) is 2. The van der Waals surface area contributed by atoms with Crippen molar-refractivity contribution in [2.24, 2.45) is 0 Å². The van der Waals surface area contributed by atoms with E-state index in [9.17, 15) is 4.79 Å². The first-order valence-electron chi connectivity index (χ1n) is 8.47. The number of ether oxygens (including phenoxy) is 2. The topological polar surface area (TPSA) is 85.4 Å². The Labute approximate surface area is 157 Å². The van der Waals surface area contributed by atoms with Gasteiger partial charge in [0.2, 0.25) is 5.95 Å². The fourth-order valence-electron chi connectivity index (χ4n) is 2.44. The number of nitrogens with one attached hydrogen (secondary N) is 2. The summed E-state index contributed by atoms with van der Waals surface area (Å²) >= 11 is 0. The zero-order valence-corrected chi connectivity index (χ0v) is 15.1. The van der Waals surface area contributed by atoms with Gasteiger partial charge in [0.25, 0.3) is 0 Å². The predicted molar refractivity (Wildman–Crippen MR) is 104 cm³/mol. The average Bonchev–Trinajstić information content (AvgIpc) is 2.69. The van der Waals surface area contributed by atoms with Gasteiger partial charge in [-0.25, -0.2) is 9.78 Å². The molecule has 0 spiro atoms. The number of hydrogen-bond acceptors (Lipinski definition) is 7. The Morgan fingerprint density at radius 2 is 1.93 bits per heavy atom. The van der Waals surface area contributed by atoms with Crippen molar-refractivity contribution in [1.29, 1.82) is 0 Å². The molecule has 2 N–H and O–H groups in total. The number of nitrogens with zero attached hydrogens (tertiary/aromatic N) is 2. The van der Waals surface area contributed by atoms with E-state index in [1.807, 2.05) is 30.3 Å². The van der Waals surface area contributed by atoms with Crippen molar-refractivity contribution in [1.82, 2.24) is 9.97 Å². The molecule has 7 heteroatoms. The van der Waals surface area contributed by atoms with E-state index in [2.05, 4.69) is 20.6 Å². The quantitative estimate of drug-likeness (QED) is 0.609. The first kappa shape index (κ1) is 18.2. The third-order valence-corrected chi connectivity index (χ3v) is 3.67. The number of benzene rings is 2. The number of aromatic nitrogens is 2. The van der Waals surface area contributed by atoms with Crippen LogP contribution in [0.15, 0.2) is 60.8 Å². The van der Waals surface area contributed by atoms with E-state index in [1.54, 1.807) is 44.5 Å². The van der Waals surface area contributed by atoms with E-state index in [4.69, 9.17) is 9.47 Å². The lowest BCUT2D eigenvalue weighted by atomic mass is 10.2. The summed E-state index contributed by atoms with van der Waals surface area (Å²) < 4.78 is 10.3. The molecule has 0 aliphatic rings. The van der Waals surface area contributed by atoms with E-state index in [0.29, 0.717) is 29.6 Å². The standard InChI is InChI=1S/C20H20N4O3/c1-3-27-19(25)16-9-4-5-10-17(16)23-20-21-12-11-18(24-20)22-14-7-6-8-15(13-14)26-2/h4-13H,3H2,1-2H3,(H2,21,22,23,24). The lowest BCUT2D eigenvalue weighted by Crippen LogP contribution is -2.09. The summed E-state index contributed by atoms with van der Waals surface area (Å²) in [5, 5.41) is 6.27. The molecule has 0 radical (unpaired) electrons. The smallest absolute Gasteiger partial charge is 0.340 e. The Kier molecular flexibility index (Phi) is 5.84. The highest BCUT2D eigenvalue weighted by Crippen LogP contribution is 2.23. The molecule has 0 fully saturated rings. The second-order valence-corrected chi connectivity index (χ2v) is 5.51. The van der Waals surface area contributed by atoms with Crippen LogP contribution in [-0.2, 0) is 4.74 Å². The normalized spacial score (nSPS) is 10.1. The summed E-state index contributed by atoms with van der Waals surface area (Å²) in [4.78, 5) is 20.8. The highest BCUT2D eigenvalue weighted by atomic mass is 16.5. The number of para-hydroxylation sites is 1. The third-order valence-electron chi connectivity index (χ3n) is 3.67. The van der Waals surface area contributed by atoms with E-state index >= 15 is 0 Å². The summed E-state index contributed by atoms with van der Waals surface area (Å²) in [5.74, 6) is 1.32. The highest BCUT2D eigenvalue weighted by molar-refractivity contribution is 5.96. The number of carbonyl (C=O) groups excluding carboxylic acids is 1. The monoisotopic (exact) mass is 364 g/mol. The van der Waals surface area contributed by atoms with Crippen molar-refractivity contribution in [2.45, 2.75) is 6.92 Å². The van der Waals surface area contributed by atoms with Crippen LogP contribution in [0.3, 0.4) is 0 Å². The van der Waals surface area contributed by atoms with Gasteiger partial charge in [-0.05, 0) is 37.3 Å². The Morgan fingerprint density at radius 1 is 1.07 bits per heavy atom. The van der Waals surface area contributed by atoms with Crippen LogP contribution in [0.2, 0.25) is 0 Å². The van der Waals surface area contributed by atoms with Crippen molar-refractivity contribution < 1.29 is 14.3 Å². The molecule has 1 aromatic heterocycles. The Hall–Kier alpha value is -3.61. The van der Waals surface area contributed by atoms with Gasteiger partial charge in [-0.2, -0.15) is 4.98 Å². The number of anilines is 4. The lowest BCUT2D eigenvalue weighted by molar-refractivity contribution is 0.0527. The molecule has 138 valence electrons. The first-order valence-corrected chi connectivity index (χ1v) is 8.47. The summed E-state index contributed by atoms with van der Waals surface area (Å²) in [6.45, 7) is 2.08. The van der Waals surface area contributed by atoms with Crippen LogP contribution in [-0.4, -0.2) is 29.7 Å². The Balaban J connectivity index is 1.79. The van der Waals surface area contributed by atoms with Gasteiger partial charge in [0.05, 0.1) is 25.0 Å². The second kappa shape index (κ2) is 8.66. The Bertz CT molecular complexity index is 930. The Morgan fingerprint density at radius 3 is 2.74 bits per heavy atom. The molecule has 0 aliphatic carbocycles. The van der Waals surface area contributed by atoms with Crippen LogP contribution >= 0.6 is 0 Å². The number of esters is 1. The van der Waals surface area contributed by atoms with Gasteiger partial charge in [-0.15, -0.1) is 0 Å². The molecule has 1 heterocycles. The summed E-state index contributed by atoms with van der Waals surface area (Å²) in [6.07, 6.45) is 1.63. The van der Waals surface area contributed by atoms with E-state index in [-0.39, 0.29) is 0 Å². The van der Waals surface area contributed by atoms with Crippen LogP contribution in [0, 0.1) is 0 Å². The maximum Gasteiger partial charge on any atom is 0.340 e. The van der Waals surface area contributed by atoms with Crippen LogP contribution in [0.4, 0.5) is 23.1 Å². The number of rotatable bonds is 7. The minimum absolute atomic E-state index is 0.309. The molecule has 0 amide bonds. The van der Waals surface area contributed by atoms with Crippen LogP contribution < -0.4 is 15.4 Å². The van der Waals surface area contributed by atoms with Crippen molar-refractivity contribution in [3.05, 3.63) is 66.4 Å². The molecular formula is C20H20N4O3. The van der Waals surface area contributed by atoms with E-state index in [1.165, 1.54) is 0 Å². The van der Waals surface area contributed by atoms with Crippen LogP contribution in [0.25, 0.3) is 0 Å². The summed E-state index contributed by atoms with van der Waals surface area (Å²) in [7, 11) is 1.62. The fraction of sp³-hybridized carbons (Fsp3) is 0.150. The minimum Gasteiger partial charge on any atom is -0.497 e. The molecule has 7 nitrogen and oxygen atoms in total. The van der Waals surface area contributed by atoms with Crippen molar-refractivity contribution in [3.63, 3.8) is 0 Å². The molecule has 0 bridgehead atoms. The molecule has 3 aromatic rings. The van der Waals surface area contributed by atoms with E-state index in [0.717, 1.165) is 11.4 Å². The molecule has 0 saturated carbocycles. The van der Waals surface area contributed by atoms with Crippen molar-refractivity contribution in [3.8, 4) is 5.75 Å². The molecule has 0 unspecified atom stereocenters. The zero-order chi connectivity index (χ0) is 19.1. The van der Waals surface area contributed by atoms with Gasteiger partial charge in [-0.1, -0.05) is 18.2 Å². The molecule has 0 atom stereocenters. The maximum atomic E-state index is 12.1. The van der Waals surface area contributed by atoms with Crippen molar-refractivity contribution >= 4 is 29.1 Å². The predicted octanol–water partition coefficient (Wildman–Crippen LogP) is 4.15. The van der Waals surface area contributed by atoms with Gasteiger partial charge in [0, 0.05) is 18.0 Å². The van der Waals surface area contributed by atoms with E-state index < -0.39 is 5.97 Å². The SMILES string of the molecule is CCOC(=O)c1ccccc1Nc1nccc(Nc2cccc(OC)c2)n1. The number of carbonyl (C=O) groups is 1. The zero-order valence-electron chi connectivity index (χ0n) is 15.1. The summed E-state index contributed by atoms with van der Waals surface area (Å²) in [5.41, 5.74) is 1.84. The lowest BCUT2D eigenvalue weighted by Gasteiger charge is -2.11. The molecule has 3 rings (SSSR count). The number of methoxy groups -OCH3 is 1. The molecule has 0 aliphatic heterocycles. The van der Waals surface area contributed by atoms with Crippen LogP contribution in [0.5, 0.6) is 5.75 Å². The van der Waals surface area contributed by atoms with Gasteiger partial charge < -0.3 is 20.1 Å². The summed E-state index contributed by atoms with van der Waals surface area (Å²) in [6, 6.07) is 16.3. The average molecular weight is 364 g/mol. The largest absolute Gasteiger partial charge is 0.497 e. The maximum absolute atomic E-state index is 12.1. The second-order valence-electron chi connectivity index (χ2n) is 5.51. The van der Waals surface area contributed by atoms with Gasteiger partial charge in [-0.3, -0.25) is 0 Å². The van der Waals surface area contributed by atoms with Gasteiger partial charge >= 0.3 is 5.97 Å². The van der Waals surface area contributed by atoms with Crippen molar-refractivity contribution in [2.75, 3.05) is 24.4 Å². The minimum atomic E-state index is -0.397. The highest BCUT2D eigenvalue weighted by Gasteiger charge is 2.13.